The first-order chi connectivity index (χ1) is 14.1. The van der Waals surface area contributed by atoms with Crippen LogP contribution in [0.1, 0.15) is 24.0 Å². The molecule has 164 valence electrons. The lowest BCUT2D eigenvalue weighted by Crippen LogP contribution is -2.38. The summed E-state index contributed by atoms with van der Waals surface area (Å²) in [4.78, 5) is 0.102. The molecule has 0 atom stereocenters. The van der Waals surface area contributed by atoms with Crippen LogP contribution in [0.3, 0.4) is 0 Å². The molecule has 2 aromatic rings. The van der Waals surface area contributed by atoms with Gasteiger partial charge in [0.15, 0.2) is 0 Å². The van der Waals surface area contributed by atoms with Crippen molar-refractivity contribution in [1.82, 2.24) is 0 Å². The predicted octanol–water partition coefficient (Wildman–Crippen LogP) is 3.05. The molecule has 0 unspecified atom stereocenters. The molecule has 0 aliphatic carbocycles. The molecule has 1 heterocycles. The number of nitrogens with zero attached hydrogens (tertiary/aromatic N) is 1. The summed E-state index contributed by atoms with van der Waals surface area (Å²) in [5.41, 5.74) is 1.65. The van der Waals surface area contributed by atoms with E-state index >= 15 is 0 Å². The molecule has 1 N–H and O–H groups in total. The maximum Gasteiger partial charge on any atom is 0.262 e. The summed E-state index contributed by atoms with van der Waals surface area (Å²) in [5, 5.41) is 0. The third-order valence-electron chi connectivity index (χ3n) is 5.00. The summed E-state index contributed by atoms with van der Waals surface area (Å²) in [5.74, 6) is 0.931. The molecule has 0 amide bonds. The Bertz CT molecular complexity index is 1140. The van der Waals surface area contributed by atoms with E-state index in [2.05, 4.69) is 4.72 Å². The highest BCUT2D eigenvalue weighted by Gasteiger charge is 2.28. The van der Waals surface area contributed by atoms with Gasteiger partial charge in [0, 0.05) is 12.6 Å². The Balaban J connectivity index is 2.01. The Morgan fingerprint density at radius 3 is 2.23 bits per heavy atom. The van der Waals surface area contributed by atoms with Gasteiger partial charge in [0.2, 0.25) is 10.0 Å². The summed E-state index contributed by atoms with van der Waals surface area (Å²) in [7, 11) is -4.41. The van der Waals surface area contributed by atoms with E-state index in [4.69, 9.17) is 9.47 Å². The first kappa shape index (κ1) is 22.2. The van der Waals surface area contributed by atoms with Crippen molar-refractivity contribution in [2.24, 2.45) is 0 Å². The van der Waals surface area contributed by atoms with E-state index in [9.17, 15) is 16.8 Å². The van der Waals surface area contributed by atoms with Crippen molar-refractivity contribution < 1.29 is 26.3 Å². The molecule has 0 aromatic heterocycles. The highest BCUT2D eigenvalue weighted by atomic mass is 32.2. The van der Waals surface area contributed by atoms with Crippen molar-refractivity contribution in [3.8, 4) is 11.5 Å². The topological polar surface area (TPSA) is 102 Å². The molecule has 1 saturated heterocycles. The third-order valence-corrected chi connectivity index (χ3v) is 8.54. The number of sulfonamides is 2. The normalized spacial score (nSPS) is 16.2. The first-order valence-electron chi connectivity index (χ1n) is 9.45. The molecule has 0 bridgehead atoms. The van der Waals surface area contributed by atoms with E-state index < -0.39 is 20.0 Å². The van der Waals surface area contributed by atoms with Crippen LogP contribution in [0.5, 0.6) is 11.5 Å². The second kappa shape index (κ2) is 8.35. The maximum absolute atomic E-state index is 13.2. The van der Waals surface area contributed by atoms with E-state index in [1.807, 2.05) is 0 Å². The Morgan fingerprint density at radius 2 is 1.67 bits per heavy atom. The second-order valence-electron chi connectivity index (χ2n) is 7.18. The zero-order chi connectivity index (χ0) is 22.1. The van der Waals surface area contributed by atoms with Crippen molar-refractivity contribution >= 4 is 31.4 Å². The number of anilines is 2. The van der Waals surface area contributed by atoms with Gasteiger partial charge in [-0.1, -0.05) is 0 Å². The average Bonchev–Trinajstić information content (AvgIpc) is 2.66. The minimum absolute atomic E-state index is 0.0995. The van der Waals surface area contributed by atoms with E-state index in [0.29, 0.717) is 41.3 Å². The van der Waals surface area contributed by atoms with Crippen LogP contribution < -0.4 is 18.5 Å². The zero-order valence-corrected chi connectivity index (χ0v) is 19.1. The number of rotatable bonds is 6. The van der Waals surface area contributed by atoms with Crippen LogP contribution in [0.4, 0.5) is 11.4 Å². The second-order valence-corrected chi connectivity index (χ2v) is 10.8. The zero-order valence-electron chi connectivity index (χ0n) is 17.4. The molecule has 0 saturated carbocycles. The summed E-state index contributed by atoms with van der Waals surface area (Å²) in [6.07, 6.45) is 1.41. The molecular formula is C20H26N2O6S2. The molecule has 1 aliphatic heterocycles. The first-order valence-corrected chi connectivity index (χ1v) is 12.5. The fourth-order valence-corrected chi connectivity index (χ4v) is 6.80. The summed E-state index contributed by atoms with van der Waals surface area (Å²) in [6.45, 7) is 3.71. The number of nitrogens with one attached hydrogen (secondary N) is 1. The van der Waals surface area contributed by atoms with E-state index in [1.54, 1.807) is 38.1 Å². The third kappa shape index (κ3) is 4.34. The lowest BCUT2D eigenvalue weighted by molar-refractivity contribution is 0.405. The Morgan fingerprint density at radius 1 is 1.00 bits per heavy atom. The Labute approximate surface area is 177 Å². The number of ether oxygens (including phenoxy) is 2. The van der Waals surface area contributed by atoms with Crippen LogP contribution in [-0.2, 0) is 20.0 Å². The van der Waals surface area contributed by atoms with Gasteiger partial charge < -0.3 is 9.47 Å². The largest absolute Gasteiger partial charge is 0.497 e. The van der Waals surface area contributed by atoms with Gasteiger partial charge in [-0.05, 0) is 62.1 Å². The van der Waals surface area contributed by atoms with Gasteiger partial charge in [0.25, 0.3) is 10.0 Å². The van der Waals surface area contributed by atoms with Gasteiger partial charge in [-0.25, -0.2) is 16.8 Å². The number of hydrogen-bond acceptors (Lipinski definition) is 6. The minimum atomic E-state index is -3.96. The molecular weight excluding hydrogens is 428 g/mol. The van der Waals surface area contributed by atoms with Crippen LogP contribution in [0.25, 0.3) is 0 Å². The monoisotopic (exact) mass is 454 g/mol. The van der Waals surface area contributed by atoms with Gasteiger partial charge in [-0.3, -0.25) is 9.03 Å². The predicted molar refractivity (Wildman–Crippen MR) is 117 cm³/mol. The summed E-state index contributed by atoms with van der Waals surface area (Å²) >= 11 is 0. The molecule has 30 heavy (non-hydrogen) atoms. The molecule has 10 heteroatoms. The Hall–Kier alpha value is -2.46. The van der Waals surface area contributed by atoms with Crippen molar-refractivity contribution in [3.05, 3.63) is 41.5 Å². The number of aryl methyl sites for hydroxylation is 2. The fourth-order valence-electron chi connectivity index (χ4n) is 3.66. The summed E-state index contributed by atoms with van der Waals surface area (Å²) < 4.78 is 65.6. The lowest BCUT2D eigenvalue weighted by atomic mass is 10.1. The van der Waals surface area contributed by atoms with Gasteiger partial charge in [0.05, 0.1) is 36.2 Å². The molecule has 2 aromatic carbocycles. The van der Waals surface area contributed by atoms with Gasteiger partial charge in [-0.15, -0.1) is 0 Å². The van der Waals surface area contributed by atoms with Crippen LogP contribution >= 0.6 is 0 Å². The Kier molecular flexibility index (Phi) is 6.19. The van der Waals surface area contributed by atoms with Gasteiger partial charge >= 0.3 is 0 Å². The van der Waals surface area contributed by atoms with Crippen molar-refractivity contribution in [3.63, 3.8) is 0 Å². The average molecular weight is 455 g/mol. The highest BCUT2D eigenvalue weighted by Crippen LogP contribution is 2.34. The van der Waals surface area contributed by atoms with E-state index in [1.165, 1.54) is 24.6 Å². The number of hydrogen-bond donors (Lipinski definition) is 1. The molecule has 1 aliphatic rings. The molecule has 8 nitrogen and oxygen atoms in total. The summed E-state index contributed by atoms with van der Waals surface area (Å²) in [6, 6.07) is 8.03. The van der Waals surface area contributed by atoms with Crippen LogP contribution in [-0.4, -0.2) is 43.4 Å². The quantitative estimate of drug-likeness (QED) is 0.720. The van der Waals surface area contributed by atoms with Crippen molar-refractivity contribution in [2.75, 3.05) is 35.5 Å². The minimum Gasteiger partial charge on any atom is -0.497 e. The van der Waals surface area contributed by atoms with Gasteiger partial charge in [-0.2, -0.15) is 0 Å². The standard InChI is InChI=1S/C20H26N2O6S2/c1-14-11-16(22-9-5-6-10-29(22,23)24)12-15(2)20(14)30(25,26)21-18-13-17(27-3)7-8-19(18)28-4/h7-8,11-13,21H,5-6,9-10H2,1-4H3. The fraction of sp³-hybridized carbons (Fsp3) is 0.400. The smallest absolute Gasteiger partial charge is 0.262 e. The molecule has 1 fully saturated rings. The van der Waals surface area contributed by atoms with Crippen molar-refractivity contribution in [1.29, 1.82) is 0 Å². The van der Waals surface area contributed by atoms with Crippen LogP contribution in [0.15, 0.2) is 35.2 Å². The number of benzene rings is 2. The maximum atomic E-state index is 13.2. The van der Waals surface area contributed by atoms with Crippen LogP contribution in [0, 0.1) is 13.8 Å². The molecule has 0 spiro atoms. The van der Waals surface area contributed by atoms with E-state index in [0.717, 1.165) is 6.42 Å². The van der Waals surface area contributed by atoms with Crippen LogP contribution in [0.2, 0.25) is 0 Å². The lowest BCUT2D eigenvalue weighted by Gasteiger charge is -2.29. The van der Waals surface area contributed by atoms with Crippen molar-refractivity contribution in [2.45, 2.75) is 31.6 Å². The number of methoxy groups -OCH3 is 2. The van der Waals surface area contributed by atoms with Gasteiger partial charge in [0.1, 0.15) is 11.5 Å². The highest BCUT2D eigenvalue weighted by molar-refractivity contribution is 7.93. The molecule has 3 rings (SSSR count). The molecule has 0 radical (unpaired) electrons. The SMILES string of the molecule is COc1ccc(OC)c(NS(=O)(=O)c2c(C)cc(N3CCCCS3(=O)=O)cc2C)c1. The van der Waals surface area contributed by atoms with E-state index in [-0.39, 0.29) is 16.3 Å².